The van der Waals surface area contributed by atoms with Crippen molar-refractivity contribution >= 4 is 0 Å². The topological polar surface area (TPSA) is 19.0 Å². The predicted octanol–water partition coefficient (Wildman–Crippen LogP) is 1.30. The number of alkyl halides is 3. The summed E-state index contributed by atoms with van der Waals surface area (Å²) in [6.45, 7) is 3.71. The van der Waals surface area contributed by atoms with Crippen LogP contribution >= 0.6 is 0 Å². The fourth-order valence-electron chi connectivity index (χ4n) is 2.21. The number of ether oxygens (including phenoxy) is 1. The summed E-state index contributed by atoms with van der Waals surface area (Å²) >= 11 is 0. The van der Waals surface area contributed by atoms with Crippen LogP contribution in [0.1, 0.15) is 13.3 Å². The first-order valence-corrected chi connectivity index (χ1v) is 5.64. The Morgan fingerprint density at radius 2 is 1.88 bits per heavy atom. The van der Waals surface area contributed by atoms with E-state index in [4.69, 9.17) is 4.74 Å². The molecule has 0 bridgehead atoms. The van der Waals surface area contributed by atoms with Crippen LogP contribution in [-0.4, -0.2) is 61.0 Å². The first-order valence-electron chi connectivity index (χ1n) is 5.64. The third kappa shape index (κ3) is 3.33. The number of epoxide rings is 1. The van der Waals surface area contributed by atoms with Gasteiger partial charge in [-0.1, -0.05) is 0 Å². The maximum atomic E-state index is 12.2. The van der Waals surface area contributed by atoms with Crippen molar-refractivity contribution in [2.45, 2.75) is 31.9 Å². The fourth-order valence-corrected chi connectivity index (χ4v) is 2.21. The molecule has 0 radical (unpaired) electrons. The largest absolute Gasteiger partial charge is 0.401 e. The van der Waals surface area contributed by atoms with Crippen molar-refractivity contribution in [1.29, 1.82) is 0 Å². The van der Waals surface area contributed by atoms with Gasteiger partial charge in [-0.3, -0.25) is 9.80 Å². The first-order chi connectivity index (χ1) is 7.46. The maximum Gasteiger partial charge on any atom is 0.401 e. The molecular formula is C10H17F3N2O. The molecule has 0 spiro atoms. The van der Waals surface area contributed by atoms with E-state index in [1.54, 1.807) is 0 Å². The molecule has 0 aromatic carbocycles. The normalized spacial score (nSPS) is 33.8. The van der Waals surface area contributed by atoms with Crippen LogP contribution in [0.4, 0.5) is 13.2 Å². The van der Waals surface area contributed by atoms with Gasteiger partial charge >= 0.3 is 6.18 Å². The second-order valence-electron chi connectivity index (χ2n) is 4.51. The minimum atomic E-state index is -4.08. The molecule has 0 amide bonds. The van der Waals surface area contributed by atoms with Crippen LogP contribution < -0.4 is 0 Å². The predicted molar refractivity (Wildman–Crippen MR) is 53.0 cm³/mol. The monoisotopic (exact) mass is 238 g/mol. The van der Waals surface area contributed by atoms with E-state index in [2.05, 4.69) is 4.90 Å². The Hall–Kier alpha value is -0.330. The third-order valence-corrected chi connectivity index (χ3v) is 3.06. The Morgan fingerprint density at radius 1 is 1.19 bits per heavy atom. The molecule has 3 nitrogen and oxygen atoms in total. The van der Waals surface area contributed by atoms with Gasteiger partial charge in [-0.05, 0) is 19.9 Å². The molecule has 2 aliphatic heterocycles. The molecule has 2 rings (SSSR count). The van der Waals surface area contributed by atoms with Crippen LogP contribution in [0.2, 0.25) is 0 Å². The molecule has 94 valence electrons. The Kier molecular flexibility index (Phi) is 3.42. The molecule has 2 heterocycles. The van der Waals surface area contributed by atoms with Gasteiger partial charge in [0.05, 0.1) is 12.6 Å². The van der Waals surface area contributed by atoms with E-state index in [1.165, 1.54) is 4.90 Å². The third-order valence-electron chi connectivity index (χ3n) is 3.06. The lowest BCUT2D eigenvalue weighted by molar-refractivity contribution is -0.145. The lowest BCUT2D eigenvalue weighted by Gasteiger charge is -2.21. The van der Waals surface area contributed by atoms with E-state index in [-0.39, 0.29) is 12.3 Å². The average molecular weight is 238 g/mol. The minimum absolute atomic E-state index is 0.144. The van der Waals surface area contributed by atoms with E-state index in [9.17, 15) is 13.2 Å². The smallest absolute Gasteiger partial charge is 0.353 e. The molecule has 0 aromatic rings. The fraction of sp³-hybridized carbons (Fsp3) is 1.00. The highest BCUT2D eigenvalue weighted by molar-refractivity contribution is 4.84. The zero-order valence-electron chi connectivity index (χ0n) is 9.33. The van der Waals surface area contributed by atoms with Gasteiger partial charge in [-0.2, -0.15) is 13.2 Å². The number of nitrogens with zero attached hydrogens (tertiary/aromatic N) is 2. The van der Waals surface area contributed by atoms with Gasteiger partial charge in [0.2, 0.25) is 0 Å². The van der Waals surface area contributed by atoms with Gasteiger partial charge in [0.25, 0.3) is 0 Å². The quantitative estimate of drug-likeness (QED) is 0.676. The van der Waals surface area contributed by atoms with Gasteiger partial charge in [0, 0.05) is 19.6 Å². The molecule has 0 N–H and O–H groups in total. The second kappa shape index (κ2) is 4.50. The summed E-state index contributed by atoms with van der Waals surface area (Å²) in [5, 5.41) is 0. The molecule has 0 aliphatic carbocycles. The average Bonchev–Trinajstić information content (AvgIpc) is 2.87. The Bertz CT molecular complexity index is 247. The molecule has 0 aromatic heterocycles. The Labute approximate surface area is 93.1 Å². The Morgan fingerprint density at radius 3 is 2.44 bits per heavy atom. The zero-order valence-corrected chi connectivity index (χ0v) is 9.33. The summed E-state index contributed by atoms with van der Waals surface area (Å²) < 4.78 is 42.0. The van der Waals surface area contributed by atoms with E-state index in [1.807, 2.05) is 6.92 Å². The molecule has 2 aliphatic rings. The van der Waals surface area contributed by atoms with E-state index in [0.29, 0.717) is 19.6 Å². The maximum absolute atomic E-state index is 12.2. The summed E-state index contributed by atoms with van der Waals surface area (Å²) in [7, 11) is 0. The van der Waals surface area contributed by atoms with Crippen molar-refractivity contribution in [2.75, 3.05) is 32.7 Å². The summed E-state index contributed by atoms with van der Waals surface area (Å²) in [6.07, 6.45) is -2.92. The van der Waals surface area contributed by atoms with E-state index in [0.717, 1.165) is 13.0 Å². The minimum Gasteiger partial charge on any atom is -0.353 e. The van der Waals surface area contributed by atoms with Crippen molar-refractivity contribution in [3.05, 3.63) is 0 Å². The number of halogens is 3. The molecule has 6 heteroatoms. The molecule has 0 saturated carbocycles. The zero-order chi connectivity index (χ0) is 11.8. The molecule has 16 heavy (non-hydrogen) atoms. The summed E-state index contributed by atoms with van der Waals surface area (Å²) in [5.41, 5.74) is 0. The second-order valence-corrected chi connectivity index (χ2v) is 4.51. The lowest BCUT2D eigenvalue weighted by Crippen LogP contribution is -2.37. The standard InChI is InChI=1S/C10H17F3N2O/c1-8-9(16-8)15-4-2-3-14(5-6-15)7-10(11,12)13/h8-9H,2-7H2,1H3. The van der Waals surface area contributed by atoms with Crippen LogP contribution in [0.3, 0.4) is 0 Å². The van der Waals surface area contributed by atoms with E-state index >= 15 is 0 Å². The lowest BCUT2D eigenvalue weighted by atomic mass is 10.3. The Balaban J connectivity index is 1.79. The highest BCUT2D eigenvalue weighted by Crippen LogP contribution is 2.26. The number of hydrogen-bond acceptors (Lipinski definition) is 3. The van der Waals surface area contributed by atoms with Crippen LogP contribution in [0.5, 0.6) is 0 Å². The summed E-state index contributed by atoms with van der Waals surface area (Å²) in [4.78, 5) is 3.62. The number of hydrogen-bond donors (Lipinski definition) is 0. The molecule has 2 atom stereocenters. The van der Waals surface area contributed by atoms with Crippen molar-refractivity contribution in [3.63, 3.8) is 0 Å². The SMILES string of the molecule is CC1OC1N1CCCN(CC(F)(F)F)CC1. The molecule has 2 saturated heterocycles. The van der Waals surface area contributed by atoms with Crippen molar-refractivity contribution in [3.8, 4) is 0 Å². The van der Waals surface area contributed by atoms with Crippen LogP contribution in [0, 0.1) is 0 Å². The molecule has 2 fully saturated rings. The van der Waals surface area contributed by atoms with Crippen LogP contribution in [0.25, 0.3) is 0 Å². The van der Waals surface area contributed by atoms with Gasteiger partial charge in [0.15, 0.2) is 0 Å². The molecular weight excluding hydrogens is 221 g/mol. The van der Waals surface area contributed by atoms with Crippen molar-refractivity contribution in [2.24, 2.45) is 0 Å². The van der Waals surface area contributed by atoms with Gasteiger partial charge in [-0.15, -0.1) is 0 Å². The summed E-state index contributed by atoms with van der Waals surface area (Å²) in [5.74, 6) is 0. The van der Waals surface area contributed by atoms with Gasteiger partial charge < -0.3 is 4.74 Å². The highest BCUT2D eigenvalue weighted by Gasteiger charge is 2.40. The van der Waals surface area contributed by atoms with Gasteiger partial charge in [-0.25, -0.2) is 0 Å². The van der Waals surface area contributed by atoms with Crippen LogP contribution in [-0.2, 0) is 4.74 Å². The highest BCUT2D eigenvalue weighted by atomic mass is 19.4. The van der Waals surface area contributed by atoms with E-state index < -0.39 is 12.7 Å². The molecule has 2 unspecified atom stereocenters. The van der Waals surface area contributed by atoms with Crippen molar-refractivity contribution in [1.82, 2.24) is 9.80 Å². The van der Waals surface area contributed by atoms with Crippen LogP contribution in [0.15, 0.2) is 0 Å². The summed E-state index contributed by atoms with van der Waals surface area (Å²) in [6, 6.07) is 0. The number of rotatable bonds is 2. The first kappa shape index (κ1) is 12.1. The van der Waals surface area contributed by atoms with Crippen molar-refractivity contribution < 1.29 is 17.9 Å². The van der Waals surface area contributed by atoms with Gasteiger partial charge in [0.1, 0.15) is 6.23 Å².